The lowest BCUT2D eigenvalue weighted by molar-refractivity contribution is -0.161. The molecular weight excluding hydrogens is 1220 g/mol. The van der Waals surface area contributed by atoms with Crippen LogP contribution in [0.3, 0.4) is 0 Å². The minimum atomic E-state index is -1.60. The summed E-state index contributed by atoms with van der Waals surface area (Å²) in [5, 5.41) is 10.8. The largest absolute Gasteiger partial charge is 0.467 e. The van der Waals surface area contributed by atoms with E-state index in [0.717, 1.165) is 12.0 Å². The third-order valence-electron chi connectivity index (χ3n) is 16.6. The fourth-order valence-corrected chi connectivity index (χ4v) is 10.9. The zero-order chi connectivity index (χ0) is 74.3. The molecule has 4 N–H and O–H groups in total. The first kappa shape index (κ1) is 87.9. The molecule has 1 unspecified atom stereocenters. The Kier molecular flexibility index (Phi) is 36.8. The molecule has 0 spiro atoms. The van der Waals surface area contributed by atoms with Gasteiger partial charge in [0.25, 0.3) is 0 Å². The van der Waals surface area contributed by atoms with E-state index in [9.17, 15) is 62.3 Å². The van der Waals surface area contributed by atoms with Gasteiger partial charge in [-0.05, 0) is 115 Å². The summed E-state index contributed by atoms with van der Waals surface area (Å²) in [4.78, 5) is 191. The second kappa shape index (κ2) is 39.8. The van der Waals surface area contributed by atoms with Gasteiger partial charge in [-0.1, -0.05) is 116 Å². The highest BCUT2D eigenvalue weighted by Crippen LogP contribution is 2.25. The van der Waals surface area contributed by atoms with Crippen LogP contribution in [0.25, 0.3) is 0 Å². The number of rotatable bonds is 37. The molecule has 0 aliphatic rings. The molecule has 0 fully saturated rings. The average Bonchev–Trinajstić information content (AvgIpc) is 0.809. The van der Waals surface area contributed by atoms with E-state index in [2.05, 4.69) is 21.3 Å². The third kappa shape index (κ3) is 27.1. The Labute approximate surface area is 568 Å². The van der Waals surface area contributed by atoms with Gasteiger partial charge >= 0.3 is 12.1 Å². The number of carbonyl (C=O) groups excluding carboxylic acids is 13. The number of hydrogen-bond acceptors (Lipinski definition) is 15. The topological polar surface area (TPSA) is 311 Å². The van der Waals surface area contributed by atoms with Crippen molar-refractivity contribution in [2.24, 2.45) is 47.3 Å². The smallest absolute Gasteiger partial charge is 0.408 e. The summed E-state index contributed by atoms with van der Waals surface area (Å²) in [5.41, 5.74) is -0.823. The standard InChI is InChI=1S/C69H123N11O15/c1-30-31-32-45(16)57(82)56(67(92)94-29)80(28)66(91)55(44(14)15)79(27)63(88)51(36-41(8)9)78(26)62(87)50(35-40(6)7)77(25)61(86)47(18)71-58(83)46(17)70-59(84)49(34-39(4)5)76(24)65(90)54(43(12)13)72-60(85)48(33-38(2)3)75(23)52(81)37-74(22)64(89)53(42(10)11)73-68(93)95-69(19,20)21/h30-31,38-51,53-56H,32-37H2,1-29H3,(H,70,84)(H,71,83)(H,72,85)(H,73,93)/b31-30+/t45-,46+,47-,48+,49+,50+,51+,53+,54+,55+,56?/m1/s1/i64+2. The van der Waals surface area contributed by atoms with E-state index in [1.54, 1.807) is 88.3 Å². The van der Waals surface area contributed by atoms with Crippen LogP contribution in [0.4, 0.5) is 4.79 Å². The van der Waals surface area contributed by atoms with Crippen LogP contribution in [0.2, 0.25) is 0 Å². The Morgan fingerprint density at radius 3 is 1.32 bits per heavy atom. The molecule has 11 atom stereocenters. The van der Waals surface area contributed by atoms with Gasteiger partial charge in [0.2, 0.25) is 59.1 Å². The number of nitrogens with zero attached hydrogens (tertiary/aromatic N) is 7. The molecule has 11 amide bonds. The van der Waals surface area contributed by atoms with Gasteiger partial charge in [-0.25, -0.2) is 9.59 Å². The minimum absolute atomic E-state index is 0.114. The van der Waals surface area contributed by atoms with E-state index in [0.29, 0.717) is 6.42 Å². The van der Waals surface area contributed by atoms with Gasteiger partial charge in [0, 0.05) is 55.3 Å². The molecule has 0 bridgehead atoms. The predicted octanol–water partition coefficient (Wildman–Crippen LogP) is 5.29. The lowest BCUT2D eigenvalue weighted by Crippen LogP contribution is -2.61. The van der Waals surface area contributed by atoms with Crippen LogP contribution in [-0.2, 0) is 67.0 Å². The molecule has 0 rings (SSSR count). The summed E-state index contributed by atoms with van der Waals surface area (Å²) >= 11 is 0. The van der Waals surface area contributed by atoms with Gasteiger partial charge in [0.15, 0.2) is 11.8 Å². The van der Waals surface area contributed by atoms with Gasteiger partial charge in [0.05, 0.1) is 13.7 Å². The summed E-state index contributed by atoms with van der Waals surface area (Å²) in [6.07, 6.45) is 3.67. The van der Waals surface area contributed by atoms with E-state index in [-0.39, 0.29) is 55.3 Å². The van der Waals surface area contributed by atoms with Crippen LogP contribution in [0.15, 0.2) is 12.2 Å². The first-order valence-corrected chi connectivity index (χ1v) is 33.5. The van der Waals surface area contributed by atoms with Crippen molar-refractivity contribution in [2.75, 3.05) is 63.0 Å². The number of likely N-dealkylation sites (N-methyl/N-ethyl adjacent to an activating group) is 7. The minimum Gasteiger partial charge on any atom is -0.467 e. The molecule has 0 aliphatic heterocycles. The lowest BCUT2D eigenvalue weighted by atomic mass is 9.93. The number of allylic oxidation sites excluding steroid dienone is 2. The summed E-state index contributed by atoms with van der Waals surface area (Å²) < 4.78 is 10.3. The highest BCUT2D eigenvalue weighted by molar-refractivity contribution is 6.07. The number of nitrogens with one attached hydrogen (secondary N) is 4. The average molecular weight is 1350 g/mol. The zero-order valence-electron chi connectivity index (χ0n) is 63.0. The molecule has 0 aromatic rings. The number of Topliss-reactive ketones (excluding diaryl/α,β-unsaturated/α-hetero) is 1. The van der Waals surface area contributed by atoms with Crippen molar-refractivity contribution in [3.05, 3.63) is 12.2 Å². The fourth-order valence-electron chi connectivity index (χ4n) is 10.9. The summed E-state index contributed by atoms with van der Waals surface area (Å²) in [7, 11) is 11.0. The van der Waals surface area contributed by atoms with Gasteiger partial charge in [-0.3, -0.25) is 52.7 Å². The summed E-state index contributed by atoms with van der Waals surface area (Å²) in [5.74, 6) is -10.6. The van der Waals surface area contributed by atoms with Crippen molar-refractivity contribution in [1.29, 1.82) is 0 Å². The van der Waals surface area contributed by atoms with Crippen LogP contribution in [0.1, 0.15) is 178 Å². The Morgan fingerprint density at radius 2 is 0.895 bits per heavy atom. The molecule has 26 heteroatoms. The van der Waals surface area contributed by atoms with Crippen LogP contribution < -0.4 is 21.3 Å². The molecule has 0 heterocycles. The molecule has 544 valence electrons. The maximum Gasteiger partial charge on any atom is 0.408 e. The number of methoxy groups -OCH3 is 1. The van der Waals surface area contributed by atoms with Gasteiger partial charge in [0.1, 0.15) is 60.0 Å². The number of amides is 11. The van der Waals surface area contributed by atoms with Crippen LogP contribution in [0.5, 0.6) is 0 Å². The lowest BCUT2D eigenvalue weighted by Gasteiger charge is -2.40. The highest BCUT2D eigenvalue weighted by atomic mass is 16.6. The molecule has 0 aliphatic carbocycles. The summed E-state index contributed by atoms with van der Waals surface area (Å²) in [6.45, 7) is 36.1. The van der Waals surface area contributed by atoms with E-state index in [1.165, 1.54) is 92.6 Å². The molecule has 0 aromatic heterocycles. The molecule has 26 nitrogen and oxygen atoms in total. The maximum atomic E-state index is 14.9. The quantitative estimate of drug-likeness (QED) is 0.0349. The molecule has 0 saturated heterocycles. The predicted molar refractivity (Wildman–Crippen MR) is 365 cm³/mol. The van der Waals surface area contributed by atoms with E-state index in [4.69, 9.17) is 9.47 Å². The van der Waals surface area contributed by atoms with Crippen molar-refractivity contribution in [3.8, 4) is 0 Å². The SMILES string of the molecule is C/C=C/C[C@@H](C)C(=O)C(C(=O)OC)N(C)C(=O)[C@H](C(C)C)N(C)C(=O)[C@H](CC(C)C)N(C)C(=O)[C@H](CC(C)C)N(C)C(=O)[C@@H](C)NC(=O)[C@H](C)NC(=O)[C@H](CC(C)C)N(C)C(=O)[C@@H](NC(=O)[C@H](CC(C)C)N(C)C(=O)CN(C)[14C](=O)[C@@H](NC(=O)OC(C)(C)C)C(C)C)C(C)C. The molecule has 0 radical (unpaired) electrons. The number of alkyl carbamates (subject to hydrolysis) is 1. The zero-order valence-corrected chi connectivity index (χ0v) is 63.0. The Balaban J connectivity index is 6.78. The Morgan fingerprint density at radius 1 is 0.474 bits per heavy atom. The van der Waals surface area contributed by atoms with Crippen molar-refractivity contribution in [2.45, 2.75) is 244 Å². The molecule has 95 heavy (non-hydrogen) atoms. The third-order valence-corrected chi connectivity index (χ3v) is 16.6. The number of ether oxygens (including phenoxy) is 2. The highest BCUT2D eigenvalue weighted by Gasteiger charge is 2.45. The van der Waals surface area contributed by atoms with E-state index < -0.39 is 167 Å². The molecular formula is C69H123N11O15. The normalized spacial score (nSPS) is 15.3. The van der Waals surface area contributed by atoms with Crippen LogP contribution in [0, 0.1) is 47.3 Å². The van der Waals surface area contributed by atoms with Gasteiger partial charge < -0.3 is 65.0 Å². The second-order valence-electron chi connectivity index (χ2n) is 29.3. The number of carbonyl (C=O) groups is 13. The molecule has 0 saturated carbocycles. The van der Waals surface area contributed by atoms with Crippen molar-refractivity contribution >= 4 is 76.9 Å². The fraction of sp³-hybridized carbons (Fsp3) is 0.783. The Hall–Kier alpha value is -7.15. The first-order valence-electron chi connectivity index (χ1n) is 33.5. The van der Waals surface area contributed by atoms with Crippen molar-refractivity contribution in [1.82, 2.24) is 55.6 Å². The van der Waals surface area contributed by atoms with Crippen LogP contribution >= 0.6 is 0 Å². The monoisotopic (exact) mass is 1350 g/mol. The number of ketones is 1. The maximum absolute atomic E-state index is 14.9. The van der Waals surface area contributed by atoms with Crippen LogP contribution in [-0.4, -0.2) is 240 Å². The number of esters is 1. The second-order valence-corrected chi connectivity index (χ2v) is 29.3. The van der Waals surface area contributed by atoms with Crippen molar-refractivity contribution < 1.29 is 71.8 Å². The molecule has 0 aromatic carbocycles. The van der Waals surface area contributed by atoms with E-state index >= 15 is 0 Å². The Bertz CT molecular complexity index is 2650. The van der Waals surface area contributed by atoms with Gasteiger partial charge in [-0.15, -0.1) is 0 Å². The summed E-state index contributed by atoms with van der Waals surface area (Å²) in [6, 6.07) is -12.1. The first-order chi connectivity index (χ1) is 43.5. The van der Waals surface area contributed by atoms with E-state index in [1.807, 2.05) is 55.4 Å². The van der Waals surface area contributed by atoms with Gasteiger partial charge in [-0.2, -0.15) is 0 Å². The number of hydrogen-bond donors (Lipinski definition) is 4. The van der Waals surface area contributed by atoms with Crippen molar-refractivity contribution in [3.63, 3.8) is 0 Å².